The van der Waals surface area contributed by atoms with Crippen LogP contribution < -0.4 is 10.1 Å². The van der Waals surface area contributed by atoms with Crippen molar-refractivity contribution in [3.8, 4) is 23.1 Å². The van der Waals surface area contributed by atoms with Gasteiger partial charge in [-0.2, -0.15) is 5.26 Å². The Labute approximate surface area is 172 Å². The Morgan fingerprint density at radius 3 is 2.53 bits per heavy atom. The SMILES string of the molecule is CCOc1ccc(NC(=O)/C(C#N)=C/c2ccc(-c3ccccc3C(=O)O)o2)cc1. The first-order chi connectivity index (χ1) is 14.5. The van der Waals surface area contributed by atoms with Gasteiger partial charge in [-0.3, -0.25) is 4.79 Å². The second kappa shape index (κ2) is 9.26. The predicted molar refractivity (Wildman–Crippen MR) is 111 cm³/mol. The number of ether oxygens (including phenoxy) is 1. The van der Waals surface area contributed by atoms with Crippen molar-refractivity contribution in [3.63, 3.8) is 0 Å². The largest absolute Gasteiger partial charge is 0.494 e. The number of carboxylic acid groups (broad SMARTS) is 1. The highest BCUT2D eigenvalue weighted by atomic mass is 16.5. The van der Waals surface area contributed by atoms with Crippen LogP contribution in [0.1, 0.15) is 23.0 Å². The van der Waals surface area contributed by atoms with Gasteiger partial charge in [0.1, 0.15) is 28.9 Å². The van der Waals surface area contributed by atoms with Crippen LogP contribution in [-0.2, 0) is 4.79 Å². The topological polar surface area (TPSA) is 113 Å². The molecule has 0 aliphatic carbocycles. The number of benzene rings is 2. The monoisotopic (exact) mass is 402 g/mol. The van der Waals surface area contributed by atoms with Crippen molar-refractivity contribution < 1.29 is 23.8 Å². The third-order valence-corrected chi connectivity index (χ3v) is 4.12. The van der Waals surface area contributed by atoms with Gasteiger partial charge < -0.3 is 19.6 Å². The van der Waals surface area contributed by atoms with Gasteiger partial charge in [0, 0.05) is 17.3 Å². The first-order valence-electron chi connectivity index (χ1n) is 9.10. The van der Waals surface area contributed by atoms with E-state index in [1.807, 2.05) is 13.0 Å². The molecule has 1 aromatic heterocycles. The average molecular weight is 402 g/mol. The van der Waals surface area contributed by atoms with Gasteiger partial charge in [0.05, 0.1) is 12.2 Å². The molecule has 0 spiro atoms. The van der Waals surface area contributed by atoms with Crippen molar-refractivity contribution in [2.45, 2.75) is 6.92 Å². The molecule has 0 atom stereocenters. The lowest BCUT2D eigenvalue weighted by atomic mass is 10.1. The molecule has 0 bridgehead atoms. The lowest BCUT2D eigenvalue weighted by Gasteiger charge is -2.06. The molecule has 0 aliphatic heterocycles. The summed E-state index contributed by atoms with van der Waals surface area (Å²) in [4.78, 5) is 23.8. The zero-order valence-electron chi connectivity index (χ0n) is 16.1. The number of carboxylic acids is 1. The fourth-order valence-corrected chi connectivity index (χ4v) is 2.75. The lowest BCUT2D eigenvalue weighted by Crippen LogP contribution is -2.13. The Balaban J connectivity index is 1.79. The molecule has 2 N–H and O–H groups in total. The quantitative estimate of drug-likeness (QED) is 0.441. The van der Waals surface area contributed by atoms with E-state index in [1.54, 1.807) is 54.6 Å². The summed E-state index contributed by atoms with van der Waals surface area (Å²) in [6.45, 7) is 2.41. The first kappa shape index (κ1) is 20.4. The summed E-state index contributed by atoms with van der Waals surface area (Å²) >= 11 is 0. The first-order valence-corrected chi connectivity index (χ1v) is 9.10. The zero-order chi connectivity index (χ0) is 21.5. The minimum atomic E-state index is -1.08. The van der Waals surface area contributed by atoms with E-state index >= 15 is 0 Å². The molecule has 0 saturated carbocycles. The fraction of sp³-hybridized carbons (Fsp3) is 0.0870. The Bertz CT molecular complexity index is 1140. The van der Waals surface area contributed by atoms with Crippen LogP contribution in [0.3, 0.4) is 0 Å². The number of hydrogen-bond acceptors (Lipinski definition) is 5. The highest BCUT2D eigenvalue weighted by molar-refractivity contribution is 6.09. The van der Waals surface area contributed by atoms with Crippen molar-refractivity contribution in [1.29, 1.82) is 5.26 Å². The van der Waals surface area contributed by atoms with E-state index in [0.717, 1.165) is 0 Å². The Kier molecular flexibility index (Phi) is 6.30. The number of nitriles is 1. The molecule has 0 radical (unpaired) electrons. The van der Waals surface area contributed by atoms with E-state index < -0.39 is 11.9 Å². The van der Waals surface area contributed by atoms with Crippen LogP contribution in [0.5, 0.6) is 5.75 Å². The molecule has 7 heteroatoms. The van der Waals surface area contributed by atoms with Crippen LogP contribution in [0.15, 0.2) is 70.7 Å². The van der Waals surface area contributed by atoms with Crippen molar-refractivity contribution in [2.75, 3.05) is 11.9 Å². The molecule has 30 heavy (non-hydrogen) atoms. The summed E-state index contributed by atoms with van der Waals surface area (Å²) in [5.74, 6) is -0.416. The van der Waals surface area contributed by atoms with E-state index in [-0.39, 0.29) is 16.9 Å². The molecule has 0 unspecified atom stereocenters. The predicted octanol–water partition coefficient (Wildman–Crippen LogP) is 4.59. The van der Waals surface area contributed by atoms with Gasteiger partial charge in [-0.15, -0.1) is 0 Å². The molecule has 0 aliphatic rings. The van der Waals surface area contributed by atoms with Crippen LogP contribution in [0.4, 0.5) is 5.69 Å². The number of furan rings is 1. The van der Waals surface area contributed by atoms with Crippen LogP contribution in [0.25, 0.3) is 17.4 Å². The lowest BCUT2D eigenvalue weighted by molar-refractivity contribution is -0.112. The van der Waals surface area contributed by atoms with Gasteiger partial charge >= 0.3 is 5.97 Å². The molecule has 0 saturated heterocycles. The van der Waals surface area contributed by atoms with Crippen molar-refractivity contribution in [3.05, 3.63) is 77.6 Å². The Morgan fingerprint density at radius 2 is 1.87 bits per heavy atom. The smallest absolute Gasteiger partial charge is 0.336 e. The summed E-state index contributed by atoms with van der Waals surface area (Å²) in [6.07, 6.45) is 1.30. The Hall–Kier alpha value is -4.31. The fourth-order valence-electron chi connectivity index (χ4n) is 2.75. The highest BCUT2D eigenvalue weighted by Crippen LogP contribution is 2.27. The summed E-state index contributed by atoms with van der Waals surface area (Å²) in [5, 5.41) is 21.3. The summed E-state index contributed by atoms with van der Waals surface area (Å²) in [7, 11) is 0. The van der Waals surface area contributed by atoms with Crippen molar-refractivity contribution >= 4 is 23.6 Å². The van der Waals surface area contributed by atoms with Gasteiger partial charge in [0.25, 0.3) is 5.91 Å². The maximum atomic E-state index is 12.4. The third kappa shape index (κ3) is 4.75. The molecule has 7 nitrogen and oxygen atoms in total. The van der Waals surface area contributed by atoms with Crippen molar-refractivity contribution in [2.24, 2.45) is 0 Å². The molecule has 0 fully saturated rings. The maximum Gasteiger partial charge on any atom is 0.336 e. The molecule has 3 rings (SSSR count). The molecular formula is C23H18N2O5. The van der Waals surface area contributed by atoms with Gasteiger partial charge in [-0.25, -0.2) is 4.79 Å². The number of carbonyl (C=O) groups is 2. The molecule has 2 aromatic carbocycles. The second-order valence-corrected chi connectivity index (χ2v) is 6.13. The molecule has 150 valence electrons. The standard InChI is InChI=1S/C23H18N2O5/c1-2-29-17-9-7-16(8-10-17)25-22(26)15(14-24)13-18-11-12-21(30-18)19-5-3-4-6-20(19)23(27)28/h3-13H,2H2,1H3,(H,25,26)(H,27,28)/b15-13+. The second-order valence-electron chi connectivity index (χ2n) is 6.13. The van der Waals surface area contributed by atoms with Gasteiger partial charge in [-0.05, 0) is 49.4 Å². The number of nitrogens with one attached hydrogen (secondary N) is 1. The average Bonchev–Trinajstić information content (AvgIpc) is 3.22. The van der Waals surface area contributed by atoms with Crippen LogP contribution in [0, 0.1) is 11.3 Å². The molecular weight excluding hydrogens is 384 g/mol. The van der Waals surface area contributed by atoms with E-state index in [9.17, 15) is 20.0 Å². The number of anilines is 1. The number of carbonyl (C=O) groups excluding carboxylic acids is 1. The third-order valence-electron chi connectivity index (χ3n) is 4.12. The maximum absolute atomic E-state index is 12.4. The zero-order valence-corrected chi connectivity index (χ0v) is 16.1. The number of rotatable bonds is 7. The normalized spacial score (nSPS) is 10.9. The molecule has 1 amide bonds. The van der Waals surface area contributed by atoms with E-state index in [2.05, 4.69) is 5.32 Å². The summed E-state index contributed by atoms with van der Waals surface area (Å²) in [5.41, 5.74) is 0.856. The minimum Gasteiger partial charge on any atom is -0.494 e. The van der Waals surface area contributed by atoms with Gasteiger partial charge in [0.2, 0.25) is 0 Å². The van der Waals surface area contributed by atoms with E-state index in [1.165, 1.54) is 12.1 Å². The van der Waals surface area contributed by atoms with Crippen LogP contribution in [0.2, 0.25) is 0 Å². The van der Waals surface area contributed by atoms with E-state index in [4.69, 9.17) is 9.15 Å². The van der Waals surface area contributed by atoms with Crippen molar-refractivity contribution in [1.82, 2.24) is 0 Å². The van der Waals surface area contributed by atoms with Crippen LogP contribution in [-0.4, -0.2) is 23.6 Å². The van der Waals surface area contributed by atoms with E-state index in [0.29, 0.717) is 29.4 Å². The Morgan fingerprint density at radius 1 is 1.13 bits per heavy atom. The highest BCUT2D eigenvalue weighted by Gasteiger charge is 2.15. The molecule has 1 heterocycles. The van der Waals surface area contributed by atoms with Gasteiger partial charge in [0.15, 0.2) is 0 Å². The van der Waals surface area contributed by atoms with Crippen LogP contribution >= 0.6 is 0 Å². The molecule has 3 aromatic rings. The summed E-state index contributed by atoms with van der Waals surface area (Å²) in [6, 6.07) is 18.2. The number of hydrogen-bond donors (Lipinski definition) is 2. The number of nitrogens with zero attached hydrogens (tertiary/aromatic N) is 1. The van der Waals surface area contributed by atoms with Gasteiger partial charge in [-0.1, -0.05) is 18.2 Å². The minimum absolute atomic E-state index is 0.0936. The summed E-state index contributed by atoms with van der Waals surface area (Å²) < 4.78 is 11.0. The number of aromatic carboxylic acids is 1. The number of amides is 1.